The van der Waals surface area contributed by atoms with Crippen LogP contribution >= 0.6 is 11.8 Å². The van der Waals surface area contributed by atoms with Crippen molar-refractivity contribution in [3.63, 3.8) is 0 Å². The maximum absolute atomic E-state index is 13.9. The van der Waals surface area contributed by atoms with Gasteiger partial charge in [0.1, 0.15) is 11.9 Å². The van der Waals surface area contributed by atoms with Crippen LogP contribution in [0.25, 0.3) is 0 Å². The van der Waals surface area contributed by atoms with Crippen LogP contribution in [0.4, 0.5) is 18.9 Å². The van der Waals surface area contributed by atoms with E-state index in [9.17, 15) is 32.7 Å². The van der Waals surface area contributed by atoms with E-state index in [1.807, 2.05) is 13.8 Å². The standard InChI is InChI=1S/C26H31F3N4O4S/c1-14(2)23(26(36)37)32-18-5-3-15(4-6-18)13-31-24(35)25-33(7-8-38-25)22(34)11-17(30)9-16-10-20(28)21(29)12-19(16)27/h3-6,10,12,14,17,23,25,32H,7-9,11,13,30H2,1-2H3,(H,31,35)(H,36,37)/t17?,23-,25+/m1/s1. The highest BCUT2D eigenvalue weighted by Gasteiger charge is 2.35. The third-order valence-electron chi connectivity index (χ3n) is 6.12. The normalized spacial score (nSPS) is 16.8. The highest BCUT2D eigenvalue weighted by Crippen LogP contribution is 2.25. The predicted molar refractivity (Wildman–Crippen MR) is 139 cm³/mol. The number of nitrogens with one attached hydrogen (secondary N) is 2. The van der Waals surface area contributed by atoms with Gasteiger partial charge in [0, 0.05) is 43.1 Å². The van der Waals surface area contributed by atoms with Crippen LogP contribution in [0.5, 0.6) is 0 Å². The summed E-state index contributed by atoms with van der Waals surface area (Å²) in [6.45, 7) is 4.17. The van der Waals surface area contributed by atoms with Crippen LogP contribution in [0.1, 0.15) is 31.4 Å². The van der Waals surface area contributed by atoms with Crippen molar-refractivity contribution in [2.75, 3.05) is 17.6 Å². The Morgan fingerprint density at radius 2 is 1.76 bits per heavy atom. The Morgan fingerprint density at radius 1 is 1.11 bits per heavy atom. The average Bonchev–Trinajstić information content (AvgIpc) is 3.35. The predicted octanol–water partition coefficient (Wildman–Crippen LogP) is 3.10. The van der Waals surface area contributed by atoms with Gasteiger partial charge < -0.3 is 26.4 Å². The van der Waals surface area contributed by atoms with Gasteiger partial charge in [0.2, 0.25) is 5.91 Å². The number of nitrogens with two attached hydrogens (primary N) is 1. The first-order chi connectivity index (χ1) is 18.0. The highest BCUT2D eigenvalue weighted by molar-refractivity contribution is 8.00. The molecule has 1 aliphatic rings. The molecule has 0 radical (unpaired) electrons. The Labute approximate surface area is 223 Å². The summed E-state index contributed by atoms with van der Waals surface area (Å²) in [4.78, 5) is 38.5. The number of carbonyl (C=O) groups excluding carboxylic acids is 2. The number of amides is 2. The summed E-state index contributed by atoms with van der Waals surface area (Å²) in [5.74, 6) is -4.68. The van der Waals surface area contributed by atoms with E-state index in [1.54, 1.807) is 24.3 Å². The number of carboxylic acids is 1. The first-order valence-corrected chi connectivity index (χ1v) is 13.2. The minimum absolute atomic E-state index is 0.109. The molecular weight excluding hydrogens is 521 g/mol. The first-order valence-electron chi connectivity index (χ1n) is 12.1. The number of aliphatic carboxylic acids is 1. The molecule has 0 aliphatic carbocycles. The number of rotatable bonds is 11. The zero-order valence-electron chi connectivity index (χ0n) is 21.0. The Morgan fingerprint density at radius 3 is 2.39 bits per heavy atom. The number of halogens is 3. The van der Waals surface area contributed by atoms with Gasteiger partial charge in [0.05, 0.1) is 0 Å². The van der Waals surface area contributed by atoms with Gasteiger partial charge >= 0.3 is 5.97 Å². The van der Waals surface area contributed by atoms with E-state index in [0.29, 0.717) is 24.1 Å². The Balaban J connectivity index is 1.52. The van der Waals surface area contributed by atoms with Gasteiger partial charge in [-0.3, -0.25) is 9.59 Å². The minimum atomic E-state index is -1.30. The molecule has 8 nitrogen and oxygen atoms in total. The second-order valence-electron chi connectivity index (χ2n) is 9.46. The molecule has 2 aromatic rings. The lowest BCUT2D eigenvalue weighted by Gasteiger charge is -2.24. The molecule has 5 N–H and O–H groups in total. The molecule has 0 spiro atoms. The van der Waals surface area contributed by atoms with Crippen molar-refractivity contribution in [3.05, 3.63) is 65.0 Å². The highest BCUT2D eigenvalue weighted by atomic mass is 32.2. The second-order valence-corrected chi connectivity index (χ2v) is 10.6. The largest absolute Gasteiger partial charge is 0.480 e. The van der Waals surface area contributed by atoms with Crippen molar-refractivity contribution in [2.24, 2.45) is 11.7 Å². The van der Waals surface area contributed by atoms with Gasteiger partial charge in [0.15, 0.2) is 17.0 Å². The quantitative estimate of drug-likeness (QED) is 0.316. The summed E-state index contributed by atoms with van der Waals surface area (Å²) in [5, 5.41) is 14.4. The molecule has 1 aliphatic heterocycles. The molecular formula is C26H31F3N4O4S. The van der Waals surface area contributed by atoms with E-state index in [0.717, 1.165) is 11.6 Å². The zero-order valence-corrected chi connectivity index (χ0v) is 21.9. The Kier molecular flexibility index (Phi) is 10.0. The fourth-order valence-corrected chi connectivity index (χ4v) is 5.21. The fraction of sp³-hybridized carbons (Fsp3) is 0.423. The third kappa shape index (κ3) is 7.64. The molecule has 3 rings (SSSR count). The summed E-state index contributed by atoms with van der Waals surface area (Å²) in [6.07, 6.45) is -0.354. The van der Waals surface area contributed by atoms with E-state index in [2.05, 4.69) is 10.6 Å². The lowest BCUT2D eigenvalue weighted by molar-refractivity contribution is -0.138. The molecule has 2 aromatic carbocycles. The van der Waals surface area contributed by atoms with E-state index < -0.39 is 40.9 Å². The fourth-order valence-electron chi connectivity index (χ4n) is 4.05. The zero-order chi connectivity index (χ0) is 28.0. The van der Waals surface area contributed by atoms with E-state index in [1.165, 1.54) is 16.7 Å². The lowest BCUT2D eigenvalue weighted by Crippen LogP contribution is -2.46. The van der Waals surface area contributed by atoms with Crippen LogP contribution in [0, 0.1) is 23.4 Å². The van der Waals surface area contributed by atoms with Crippen LogP contribution in [-0.4, -0.2) is 57.5 Å². The van der Waals surface area contributed by atoms with Gasteiger partial charge in [-0.1, -0.05) is 26.0 Å². The summed E-state index contributed by atoms with van der Waals surface area (Å²) >= 11 is 1.31. The number of carbonyl (C=O) groups is 3. The SMILES string of the molecule is CC(C)[C@@H](Nc1ccc(CNC(=O)[C@@H]2SCCN2C(=O)CC(N)Cc2cc(F)c(F)cc2F)cc1)C(=O)O. The Bertz CT molecular complexity index is 1170. The average molecular weight is 553 g/mol. The van der Waals surface area contributed by atoms with Crippen LogP contribution < -0.4 is 16.4 Å². The summed E-state index contributed by atoms with van der Waals surface area (Å²) in [7, 11) is 0. The number of thioether (sulfide) groups is 1. The van der Waals surface area contributed by atoms with Crippen LogP contribution in [-0.2, 0) is 27.3 Å². The van der Waals surface area contributed by atoms with Crippen molar-refractivity contribution in [2.45, 2.75) is 50.7 Å². The molecule has 12 heteroatoms. The molecule has 38 heavy (non-hydrogen) atoms. The van der Waals surface area contributed by atoms with Gasteiger partial charge in [0.25, 0.3) is 5.91 Å². The van der Waals surface area contributed by atoms with Gasteiger partial charge in [-0.25, -0.2) is 18.0 Å². The monoisotopic (exact) mass is 552 g/mol. The summed E-state index contributed by atoms with van der Waals surface area (Å²) < 4.78 is 40.5. The molecule has 206 valence electrons. The van der Waals surface area contributed by atoms with Crippen molar-refractivity contribution in [3.8, 4) is 0 Å². The molecule has 0 bridgehead atoms. The van der Waals surface area contributed by atoms with E-state index in [4.69, 9.17) is 5.73 Å². The van der Waals surface area contributed by atoms with Gasteiger partial charge in [-0.2, -0.15) is 0 Å². The number of carboxylic acid groups (broad SMARTS) is 1. The number of benzene rings is 2. The number of hydrogen-bond acceptors (Lipinski definition) is 6. The van der Waals surface area contributed by atoms with Crippen molar-refractivity contribution in [1.82, 2.24) is 10.2 Å². The Hall–Kier alpha value is -3.25. The lowest BCUT2D eigenvalue weighted by atomic mass is 10.0. The molecule has 1 saturated heterocycles. The smallest absolute Gasteiger partial charge is 0.326 e. The van der Waals surface area contributed by atoms with E-state index in [-0.39, 0.29) is 42.7 Å². The maximum atomic E-state index is 13.9. The second kappa shape index (κ2) is 13.0. The topological polar surface area (TPSA) is 125 Å². The minimum Gasteiger partial charge on any atom is -0.480 e. The molecule has 0 saturated carbocycles. The van der Waals surface area contributed by atoms with Crippen LogP contribution in [0.15, 0.2) is 36.4 Å². The molecule has 2 amide bonds. The van der Waals surface area contributed by atoms with Gasteiger partial charge in [-0.05, 0) is 41.7 Å². The molecule has 0 aromatic heterocycles. The molecule has 1 unspecified atom stereocenters. The number of hydrogen-bond donors (Lipinski definition) is 4. The molecule has 3 atom stereocenters. The molecule has 1 heterocycles. The number of nitrogens with zero attached hydrogens (tertiary/aromatic N) is 1. The van der Waals surface area contributed by atoms with Crippen molar-refractivity contribution < 1.29 is 32.7 Å². The number of anilines is 1. The third-order valence-corrected chi connectivity index (χ3v) is 7.32. The van der Waals surface area contributed by atoms with Gasteiger partial charge in [-0.15, -0.1) is 11.8 Å². The van der Waals surface area contributed by atoms with E-state index >= 15 is 0 Å². The van der Waals surface area contributed by atoms with Crippen LogP contribution in [0.2, 0.25) is 0 Å². The van der Waals surface area contributed by atoms with Crippen LogP contribution in [0.3, 0.4) is 0 Å². The summed E-state index contributed by atoms with van der Waals surface area (Å²) in [5.41, 5.74) is 7.29. The van der Waals surface area contributed by atoms with Crippen molar-refractivity contribution >= 4 is 35.2 Å². The maximum Gasteiger partial charge on any atom is 0.326 e. The van der Waals surface area contributed by atoms with Crippen molar-refractivity contribution in [1.29, 1.82) is 0 Å². The molecule has 1 fully saturated rings. The summed E-state index contributed by atoms with van der Waals surface area (Å²) in [6, 6.07) is 6.60. The first kappa shape index (κ1) is 29.3.